The van der Waals surface area contributed by atoms with Crippen molar-refractivity contribution in [1.82, 2.24) is 10.6 Å². The third-order valence-electron chi connectivity index (χ3n) is 7.57. The SMILES string of the molecule is CNC(=O)c1c(-c2ccc(F)cc2)oc2cc(Br)c(OC(C)C)cc12.CNC(=O)c1c(-c2ccc(F)cc2)oc2cc(C)c(OC(C)C)cc12.O=C=O. The summed E-state index contributed by atoms with van der Waals surface area (Å²) >= 11 is 3.46. The topological polar surface area (TPSA) is 137 Å². The summed E-state index contributed by atoms with van der Waals surface area (Å²) in [5.74, 6) is 0.895. The Morgan fingerprint density at radius 1 is 0.679 bits per heavy atom. The van der Waals surface area contributed by atoms with Crippen LogP contribution in [0.5, 0.6) is 11.5 Å². The molecule has 0 saturated heterocycles. The summed E-state index contributed by atoms with van der Waals surface area (Å²) < 4.78 is 50.7. The van der Waals surface area contributed by atoms with Crippen LogP contribution in [0.4, 0.5) is 8.78 Å². The van der Waals surface area contributed by atoms with Gasteiger partial charge in [0.1, 0.15) is 45.8 Å². The Hall–Kier alpha value is -5.78. The maximum atomic E-state index is 13.2. The van der Waals surface area contributed by atoms with E-state index in [4.69, 9.17) is 27.9 Å². The second-order valence-electron chi connectivity index (χ2n) is 12.1. The molecule has 2 N–H and O–H groups in total. The van der Waals surface area contributed by atoms with E-state index in [2.05, 4.69) is 26.6 Å². The molecule has 2 aromatic heterocycles. The molecular formula is C40H37BrF2N2O8. The van der Waals surface area contributed by atoms with Gasteiger partial charge in [0.25, 0.3) is 11.8 Å². The Kier molecular flexibility index (Phi) is 13.3. The van der Waals surface area contributed by atoms with Crippen molar-refractivity contribution in [2.45, 2.75) is 46.8 Å². The molecule has 0 saturated carbocycles. The number of nitrogens with one attached hydrogen (secondary N) is 2. The number of furan rings is 2. The van der Waals surface area contributed by atoms with Gasteiger partial charge >= 0.3 is 6.15 Å². The molecule has 276 valence electrons. The Morgan fingerprint density at radius 2 is 1.06 bits per heavy atom. The van der Waals surface area contributed by atoms with Gasteiger partial charge in [0.05, 0.1) is 27.8 Å². The lowest BCUT2D eigenvalue weighted by Gasteiger charge is -2.12. The van der Waals surface area contributed by atoms with Crippen molar-refractivity contribution >= 4 is 55.8 Å². The summed E-state index contributed by atoms with van der Waals surface area (Å²) in [7, 11) is 3.12. The number of fused-ring (bicyclic) bond motifs is 2. The van der Waals surface area contributed by atoms with Crippen LogP contribution in [0.3, 0.4) is 0 Å². The lowest BCUT2D eigenvalue weighted by atomic mass is 10.0. The van der Waals surface area contributed by atoms with Crippen LogP contribution < -0.4 is 20.1 Å². The third kappa shape index (κ3) is 9.37. The minimum Gasteiger partial charge on any atom is -0.491 e. The fourth-order valence-corrected chi connectivity index (χ4v) is 5.77. The number of ether oxygens (including phenoxy) is 2. The van der Waals surface area contributed by atoms with Gasteiger partial charge in [-0.2, -0.15) is 9.59 Å². The second kappa shape index (κ2) is 17.6. The molecule has 0 spiro atoms. The number of amides is 2. The van der Waals surface area contributed by atoms with Crippen LogP contribution in [0.2, 0.25) is 0 Å². The minimum absolute atomic E-state index is 0.0133. The van der Waals surface area contributed by atoms with Crippen LogP contribution in [0.1, 0.15) is 54.0 Å². The molecule has 6 rings (SSSR count). The molecule has 0 unspecified atom stereocenters. The van der Waals surface area contributed by atoms with E-state index in [1.165, 1.54) is 24.3 Å². The van der Waals surface area contributed by atoms with Crippen LogP contribution in [-0.2, 0) is 9.59 Å². The summed E-state index contributed by atoms with van der Waals surface area (Å²) in [6, 6.07) is 18.9. The highest BCUT2D eigenvalue weighted by Crippen LogP contribution is 2.40. The quantitative estimate of drug-likeness (QED) is 0.156. The number of hydrogen-bond acceptors (Lipinski definition) is 8. The van der Waals surface area contributed by atoms with Gasteiger partial charge < -0.3 is 28.9 Å². The largest absolute Gasteiger partial charge is 0.491 e. The number of carbonyl (C=O) groups excluding carboxylic acids is 4. The van der Waals surface area contributed by atoms with E-state index in [-0.39, 0.29) is 41.8 Å². The number of aryl methyl sites for hydroxylation is 1. The van der Waals surface area contributed by atoms with Crippen molar-refractivity contribution in [1.29, 1.82) is 0 Å². The zero-order chi connectivity index (χ0) is 39.0. The molecule has 53 heavy (non-hydrogen) atoms. The molecule has 4 aromatic carbocycles. The van der Waals surface area contributed by atoms with Crippen molar-refractivity contribution in [3.8, 4) is 34.1 Å². The Morgan fingerprint density at radius 3 is 1.45 bits per heavy atom. The highest BCUT2D eigenvalue weighted by atomic mass is 79.9. The monoisotopic (exact) mass is 790 g/mol. The van der Waals surface area contributed by atoms with Gasteiger partial charge in [0, 0.05) is 36.0 Å². The fraction of sp³-hybridized carbons (Fsp3) is 0.225. The average molecular weight is 792 g/mol. The number of rotatable bonds is 8. The van der Waals surface area contributed by atoms with Crippen molar-refractivity contribution in [2.24, 2.45) is 0 Å². The molecule has 0 fully saturated rings. The summed E-state index contributed by atoms with van der Waals surface area (Å²) in [5.41, 5.74) is 4.12. The first-order chi connectivity index (χ1) is 25.2. The van der Waals surface area contributed by atoms with Crippen molar-refractivity contribution in [3.63, 3.8) is 0 Å². The zero-order valence-corrected chi connectivity index (χ0v) is 31.6. The molecule has 13 heteroatoms. The normalized spacial score (nSPS) is 10.6. The van der Waals surface area contributed by atoms with Gasteiger partial charge in [-0.05, 0) is 129 Å². The van der Waals surface area contributed by atoms with Gasteiger partial charge in [-0.3, -0.25) is 9.59 Å². The fourth-order valence-electron chi connectivity index (χ4n) is 5.36. The first-order valence-electron chi connectivity index (χ1n) is 16.3. The maximum Gasteiger partial charge on any atom is 0.373 e. The molecule has 0 aliphatic rings. The van der Waals surface area contributed by atoms with Gasteiger partial charge in [-0.25, -0.2) is 8.78 Å². The molecule has 2 heterocycles. The predicted molar refractivity (Wildman–Crippen MR) is 199 cm³/mol. The van der Waals surface area contributed by atoms with Gasteiger partial charge in [-0.15, -0.1) is 0 Å². The number of halogens is 3. The van der Waals surface area contributed by atoms with E-state index in [1.54, 1.807) is 50.5 Å². The van der Waals surface area contributed by atoms with Gasteiger partial charge in [-0.1, -0.05) is 0 Å². The molecule has 2 amide bonds. The van der Waals surface area contributed by atoms with Crippen molar-refractivity contribution < 1.29 is 46.3 Å². The van der Waals surface area contributed by atoms with E-state index < -0.39 is 0 Å². The summed E-state index contributed by atoms with van der Waals surface area (Å²) in [4.78, 5) is 41.2. The first-order valence-corrected chi connectivity index (χ1v) is 17.1. The smallest absolute Gasteiger partial charge is 0.373 e. The molecule has 0 radical (unpaired) electrons. The molecule has 6 aromatic rings. The molecular weight excluding hydrogens is 754 g/mol. The molecule has 0 aliphatic heterocycles. The molecule has 0 atom stereocenters. The van der Waals surface area contributed by atoms with E-state index in [9.17, 15) is 18.4 Å². The van der Waals surface area contributed by atoms with Crippen LogP contribution in [0.15, 0.2) is 86.1 Å². The molecule has 0 bridgehead atoms. The molecule has 0 aliphatic carbocycles. The summed E-state index contributed by atoms with van der Waals surface area (Å²) in [5, 5.41) is 6.58. The zero-order valence-electron chi connectivity index (χ0n) is 30.0. The highest BCUT2D eigenvalue weighted by Gasteiger charge is 2.24. The lowest BCUT2D eigenvalue weighted by Crippen LogP contribution is -2.18. The van der Waals surface area contributed by atoms with Gasteiger partial charge in [0.2, 0.25) is 0 Å². The standard InChI is InChI=1S/C20H20FNO3.C19H17BrFNO3.CO2/c1-11(2)24-16-10-15-17(9-12(16)3)25-19(18(15)20(23)22-4)13-5-7-14(21)8-6-13;1-10(2)24-16-8-13-15(9-14(16)20)25-18(17(13)19(23)22-3)11-4-6-12(21)7-5-11;2-1-3/h5-11H,1-4H3,(H,22,23);4-10H,1-3H3,(H,22,23);. The molecule has 10 nitrogen and oxygen atoms in total. The summed E-state index contributed by atoms with van der Waals surface area (Å²) in [6.07, 6.45) is 0.253. The summed E-state index contributed by atoms with van der Waals surface area (Å²) in [6.45, 7) is 9.67. The van der Waals surface area contributed by atoms with Crippen molar-refractivity contribution in [2.75, 3.05) is 14.1 Å². The lowest BCUT2D eigenvalue weighted by molar-refractivity contribution is -0.191. The third-order valence-corrected chi connectivity index (χ3v) is 8.19. The van der Waals surface area contributed by atoms with E-state index in [0.29, 0.717) is 67.2 Å². The van der Waals surface area contributed by atoms with Crippen LogP contribution in [-0.4, -0.2) is 44.3 Å². The van der Waals surface area contributed by atoms with E-state index >= 15 is 0 Å². The van der Waals surface area contributed by atoms with E-state index in [0.717, 1.165) is 10.0 Å². The maximum absolute atomic E-state index is 13.2. The predicted octanol–water partition coefficient (Wildman–Crippen LogP) is 9.26. The Labute approximate surface area is 312 Å². The second-order valence-corrected chi connectivity index (χ2v) is 12.9. The number of hydrogen-bond donors (Lipinski definition) is 2. The van der Waals surface area contributed by atoms with Crippen LogP contribution in [0.25, 0.3) is 44.6 Å². The van der Waals surface area contributed by atoms with Crippen LogP contribution in [0, 0.1) is 18.6 Å². The Bertz CT molecular complexity index is 2120. The van der Waals surface area contributed by atoms with Crippen LogP contribution >= 0.6 is 15.9 Å². The first kappa shape index (κ1) is 40.0. The van der Waals surface area contributed by atoms with E-state index in [1.807, 2.05) is 46.8 Å². The number of benzene rings is 4. The number of carbonyl (C=O) groups is 2. The van der Waals surface area contributed by atoms with Crippen molar-refractivity contribution in [3.05, 3.63) is 106 Å². The highest BCUT2D eigenvalue weighted by molar-refractivity contribution is 9.10. The van der Waals surface area contributed by atoms with Gasteiger partial charge in [0.15, 0.2) is 0 Å². The minimum atomic E-state index is -0.350. The average Bonchev–Trinajstić information content (AvgIpc) is 3.66. The Balaban J connectivity index is 0.000000220.